The zero-order valence-electron chi connectivity index (χ0n) is 9.37. The third-order valence-electron chi connectivity index (χ3n) is 2.58. The molecule has 1 aromatic heterocycles. The number of nitrogens with zero attached hydrogens (tertiary/aromatic N) is 2. The predicted octanol–water partition coefficient (Wildman–Crippen LogP) is 3.34. The van der Waals surface area contributed by atoms with Gasteiger partial charge in [0.25, 0.3) is 0 Å². The molecule has 0 fully saturated rings. The molecule has 3 heteroatoms. The molecule has 0 N–H and O–H groups in total. The van der Waals surface area contributed by atoms with E-state index in [-0.39, 0.29) is 0 Å². The lowest BCUT2D eigenvalue weighted by Crippen LogP contribution is -2.01. The first-order valence-corrected chi connectivity index (χ1v) is 5.58. The second kappa shape index (κ2) is 4.62. The fourth-order valence-corrected chi connectivity index (χ4v) is 1.74. The first kappa shape index (κ1) is 11.1. The first-order valence-electron chi connectivity index (χ1n) is 5.20. The maximum absolute atomic E-state index is 6.03. The average molecular weight is 233 g/mol. The highest BCUT2D eigenvalue weighted by Crippen LogP contribution is 2.16. The smallest absolute Gasteiger partial charge is 0.135 e. The van der Waals surface area contributed by atoms with Crippen LogP contribution < -0.4 is 0 Å². The van der Waals surface area contributed by atoms with Gasteiger partial charge in [0.1, 0.15) is 11.0 Å². The summed E-state index contributed by atoms with van der Waals surface area (Å²) in [7, 11) is 0. The van der Waals surface area contributed by atoms with Crippen LogP contribution in [0.15, 0.2) is 30.3 Å². The molecule has 0 unspecified atom stereocenters. The molecule has 82 valence electrons. The third kappa shape index (κ3) is 2.39. The number of aromatic nitrogens is 2. The van der Waals surface area contributed by atoms with E-state index in [1.54, 1.807) is 0 Å². The third-order valence-corrected chi connectivity index (χ3v) is 2.95. The van der Waals surface area contributed by atoms with Gasteiger partial charge in [0.05, 0.1) is 0 Å². The van der Waals surface area contributed by atoms with E-state index < -0.39 is 0 Å². The van der Waals surface area contributed by atoms with Crippen LogP contribution in [-0.2, 0) is 6.42 Å². The highest BCUT2D eigenvalue weighted by molar-refractivity contribution is 6.30. The van der Waals surface area contributed by atoms with Crippen molar-refractivity contribution < 1.29 is 0 Å². The molecule has 2 nitrogen and oxygen atoms in total. The van der Waals surface area contributed by atoms with Crippen LogP contribution in [0, 0.1) is 13.8 Å². The average Bonchev–Trinajstić information content (AvgIpc) is 2.27. The van der Waals surface area contributed by atoms with Crippen molar-refractivity contribution in [2.45, 2.75) is 20.3 Å². The Balaban J connectivity index is 2.29. The number of aryl methyl sites for hydroxylation is 1. The van der Waals surface area contributed by atoms with E-state index in [1.807, 2.05) is 32.0 Å². The second-order valence-electron chi connectivity index (χ2n) is 3.80. The molecule has 0 radical (unpaired) electrons. The lowest BCUT2D eigenvalue weighted by Gasteiger charge is -2.05. The molecular formula is C13H13ClN2. The van der Waals surface area contributed by atoms with E-state index >= 15 is 0 Å². The molecule has 0 bridgehead atoms. The van der Waals surface area contributed by atoms with Gasteiger partial charge in [0, 0.05) is 17.7 Å². The highest BCUT2D eigenvalue weighted by atomic mass is 35.5. The second-order valence-corrected chi connectivity index (χ2v) is 4.16. The van der Waals surface area contributed by atoms with Gasteiger partial charge in [-0.2, -0.15) is 0 Å². The van der Waals surface area contributed by atoms with Crippen LogP contribution >= 0.6 is 11.6 Å². The minimum Gasteiger partial charge on any atom is -0.238 e. The van der Waals surface area contributed by atoms with E-state index in [4.69, 9.17) is 11.6 Å². The van der Waals surface area contributed by atoms with Crippen LogP contribution in [0.2, 0.25) is 5.15 Å². The normalized spacial score (nSPS) is 10.4. The van der Waals surface area contributed by atoms with Crippen molar-refractivity contribution in [1.82, 2.24) is 9.97 Å². The van der Waals surface area contributed by atoms with E-state index in [2.05, 4.69) is 22.1 Å². The van der Waals surface area contributed by atoms with Crippen molar-refractivity contribution in [3.63, 3.8) is 0 Å². The van der Waals surface area contributed by atoms with Crippen LogP contribution in [0.4, 0.5) is 0 Å². The fraction of sp³-hybridized carbons (Fsp3) is 0.231. The van der Waals surface area contributed by atoms with E-state index in [9.17, 15) is 0 Å². The van der Waals surface area contributed by atoms with Crippen molar-refractivity contribution in [2.24, 2.45) is 0 Å². The van der Waals surface area contributed by atoms with Gasteiger partial charge in [-0.15, -0.1) is 0 Å². The van der Waals surface area contributed by atoms with E-state index in [1.165, 1.54) is 5.56 Å². The zero-order valence-corrected chi connectivity index (χ0v) is 10.1. The monoisotopic (exact) mass is 232 g/mol. The molecule has 16 heavy (non-hydrogen) atoms. The molecule has 2 rings (SSSR count). The van der Waals surface area contributed by atoms with Crippen LogP contribution in [0.5, 0.6) is 0 Å². The van der Waals surface area contributed by atoms with Gasteiger partial charge in [-0.25, -0.2) is 9.97 Å². The van der Waals surface area contributed by atoms with Gasteiger partial charge in [0.15, 0.2) is 0 Å². The molecule has 0 aliphatic rings. The Bertz CT molecular complexity index is 472. The summed E-state index contributed by atoms with van der Waals surface area (Å²) in [6.45, 7) is 3.89. The van der Waals surface area contributed by atoms with Gasteiger partial charge < -0.3 is 0 Å². The summed E-state index contributed by atoms with van der Waals surface area (Å²) in [4.78, 5) is 8.72. The van der Waals surface area contributed by atoms with Crippen LogP contribution in [0.1, 0.15) is 22.6 Å². The Kier molecular flexibility index (Phi) is 3.20. The SMILES string of the molecule is Cc1nc(Cc2ccccc2)nc(Cl)c1C. The van der Waals surface area contributed by atoms with Crippen molar-refractivity contribution in [3.8, 4) is 0 Å². The molecule has 0 saturated heterocycles. The zero-order chi connectivity index (χ0) is 11.5. The Labute approximate surface area is 100 Å². The minimum absolute atomic E-state index is 0.554. The number of rotatable bonds is 2. The van der Waals surface area contributed by atoms with Gasteiger partial charge in [-0.3, -0.25) is 0 Å². The Morgan fingerprint density at radius 2 is 1.75 bits per heavy atom. The Morgan fingerprint density at radius 1 is 1.06 bits per heavy atom. The summed E-state index contributed by atoms with van der Waals surface area (Å²) in [5.41, 5.74) is 3.10. The number of benzene rings is 1. The molecule has 0 saturated carbocycles. The standard InChI is InChI=1S/C13H13ClN2/c1-9-10(2)15-12(16-13(9)14)8-11-6-4-3-5-7-11/h3-7H,8H2,1-2H3. The molecule has 0 aliphatic carbocycles. The van der Waals surface area contributed by atoms with E-state index in [0.717, 1.165) is 23.5 Å². The molecule has 0 aliphatic heterocycles. The summed E-state index contributed by atoms with van der Waals surface area (Å²) in [6, 6.07) is 10.1. The van der Waals surface area contributed by atoms with Crippen molar-refractivity contribution in [3.05, 3.63) is 58.1 Å². The fourth-order valence-electron chi connectivity index (χ4n) is 1.51. The molecule has 0 amide bonds. The molecule has 2 aromatic rings. The summed E-state index contributed by atoms with van der Waals surface area (Å²) >= 11 is 6.03. The number of hydrogen-bond donors (Lipinski definition) is 0. The maximum Gasteiger partial charge on any atom is 0.135 e. The lowest BCUT2D eigenvalue weighted by atomic mass is 10.1. The lowest BCUT2D eigenvalue weighted by molar-refractivity contribution is 0.927. The summed E-state index contributed by atoms with van der Waals surface area (Å²) in [5, 5.41) is 0.554. The van der Waals surface area contributed by atoms with Gasteiger partial charge in [-0.05, 0) is 19.4 Å². The van der Waals surface area contributed by atoms with Crippen molar-refractivity contribution in [1.29, 1.82) is 0 Å². The van der Waals surface area contributed by atoms with Gasteiger partial charge in [-0.1, -0.05) is 41.9 Å². The summed E-state index contributed by atoms with van der Waals surface area (Å²) in [5.74, 6) is 0.777. The van der Waals surface area contributed by atoms with Crippen LogP contribution in [-0.4, -0.2) is 9.97 Å². The van der Waals surface area contributed by atoms with Gasteiger partial charge in [0.2, 0.25) is 0 Å². The quantitative estimate of drug-likeness (QED) is 0.743. The molecule has 1 heterocycles. The Morgan fingerprint density at radius 3 is 2.38 bits per heavy atom. The largest absolute Gasteiger partial charge is 0.238 e. The Hall–Kier alpha value is -1.41. The molecule has 1 aromatic carbocycles. The van der Waals surface area contributed by atoms with Crippen molar-refractivity contribution >= 4 is 11.6 Å². The maximum atomic E-state index is 6.03. The predicted molar refractivity (Wildman–Crippen MR) is 65.8 cm³/mol. The van der Waals surface area contributed by atoms with Crippen LogP contribution in [0.25, 0.3) is 0 Å². The van der Waals surface area contributed by atoms with Crippen molar-refractivity contribution in [2.75, 3.05) is 0 Å². The number of halogens is 1. The molecule has 0 atom stereocenters. The number of hydrogen-bond acceptors (Lipinski definition) is 2. The summed E-state index contributed by atoms with van der Waals surface area (Å²) < 4.78 is 0. The van der Waals surface area contributed by atoms with Gasteiger partial charge >= 0.3 is 0 Å². The highest BCUT2D eigenvalue weighted by Gasteiger charge is 2.06. The first-order chi connectivity index (χ1) is 7.66. The van der Waals surface area contributed by atoms with E-state index in [0.29, 0.717) is 5.15 Å². The molecular weight excluding hydrogens is 220 g/mol. The van der Waals surface area contributed by atoms with Crippen LogP contribution in [0.3, 0.4) is 0 Å². The topological polar surface area (TPSA) is 25.8 Å². The minimum atomic E-state index is 0.554. The summed E-state index contributed by atoms with van der Waals surface area (Å²) in [6.07, 6.45) is 0.724. The molecule has 0 spiro atoms.